The maximum absolute atomic E-state index is 11.0. The number of rotatable bonds is 4. The number of benzene rings is 1. The molecule has 0 radical (unpaired) electrons. The summed E-state index contributed by atoms with van der Waals surface area (Å²) in [7, 11) is 0. The number of nitrogens with one attached hydrogen (secondary N) is 1. The lowest BCUT2D eigenvalue weighted by Gasteiger charge is -2.11. The average molecular weight is 241 g/mol. The molecule has 1 unspecified atom stereocenters. The summed E-state index contributed by atoms with van der Waals surface area (Å²) in [6, 6.07) is 5.67. The van der Waals surface area contributed by atoms with Crippen molar-refractivity contribution in [1.82, 2.24) is 0 Å². The highest BCUT2D eigenvalue weighted by Crippen LogP contribution is 2.22. The Labute approximate surface area is 101 Å². The molecule has 88 valence electrons. The van der Waals surface area contributed by atoms with Gasteiger partial charge in [0, 0.05) is 23.7 Å². The van der Waals surface area contributed by atoms with E-state index in [2.05, 4.69) is 5.32 Å². The molecular formula is C12H17ClN2O. The number of aryl methyl sites for hydroxylation is 1. The summed E-state index contributed by atoms with van der Waals surface area (Å²) in [6.45, 7) is 3.45. The number of hydrogen-bond acceptors (Lipinski definition) is 2. The molecule has 0 fully saturated rings. The summed E-state index contributed by atoms with van der Waals surface area (Å²) in [4.78, 5) is 11.0. The molecule has 0 saturated heterocycles. The molecule has 0 aromatic heterocycles. The van der Waals surface area contributed by atoms with Gasteiger partial charge in [0.15, 0.2) is 0 Å². The molecule has 0 aliphatic heterocycles. The Morgan fingerprint density at radius 2 is 2.25 bits per heavy atom. The van der Waals surface area contributed by atoms with E-state index in [1.807, 2.05) is 19.1 Å². The predicted octanol–water partition coefficient (Wildman–Crippen LogP) is 2.58. The van der Waals surface area contributed by atoms with Crippen LogP contribution in [0.5, 0.6) is 0 Å². The first-order valence-electron chi connectivity index (χ1n) is 5.30. The molecular weight excluding hydrogens is 224 g/mol. The van der Waals surface area contributed by atoms with Crippen LogP contribution in [-0.2, 0) is 11.2 Å². The van der Waals surface area contributed by atoms with Crippen LogP contribution in [-0.4, -0.2) is 11.9 Å². The van der Waals surface area contributed by atoms with E-state index in [1.54, 1.807) is 6.07 Å². The molecule has 4 heteroatoms. The van der Waals surface area contributed by atoms with Crippen molar-refractivity contribution in [3.05, 3.63) is 28.8 Å². The molecule has 1 rings (SSSR count). The Kier molecular flexibility index (Phi) is 4.77. The lowest BCUT2D eigenvalue weighted by Crippen LogP contribution is -2.16. The van der Waals surface area contributed by atoms with Gasteiger partial charge in [-0.25, -0.2) is 0 Å². The monoisotopic (exact) mass is 240 g/mol. The minimum absolute atomic E-state index is 0.0932. The van der Waals surface area contributed by atoms with Gasteiger partial charge in [0.05, 0.1) is 0 Å². The van der Waals surface area contributed by atoms with Gasteiger partial charge >= 0.3 is 0 Å². The summed E-state index contributed by atoms with van der Waals surface area (Å²) in [5.74, 6) is -0.0932. The zero-order valence-electron chi connectivity index (χ0n) is 9.59. The second-order valence-electron chi connectivity index (χ2n) is 4.00. The number of carbonyl (C=O) groups excluding carboxylic acids is 1. The highest BCUT2D eigenvalue weighted by Gasteiger charge is 2.06. The number of carbonyl (C=O) groups is 1. The van der Waals surface area contributed by atoms with E-state index < -0.39 is 0 Å². The van der Waals surface area contributed by atoms with Gasteiger partial charge in [-0.2, -0.15) is 0 Å². The van der Waals surface area contributed by atoms with Crippen LogP contribution in [0.3, 0.4) is 0 Å². The van der Waals surface area contributed by atoms with Crippen molar-refractivity contribution in [2.75, 3.05) is 5.32 Å². The van der Waals surface area contributed by atoms with Gasteiger partial charge in [0.2, 0.25) is 5.91 Å². The molecule has 3 nitrogen and oxygen atoms in total. The van der Waals surface area contributed by atoms with Gasteiger partial charge in [0.25, 0.3) is 0 Å². The van der Waals surface area contributed by atoms with Crippen LogP contribution < -0.4 is 11.1 Å². The fourth-order valence-electron chi connectivity index (χ4n) is 1.46. The van der Waals surface area contributed by atoms with Gasteiger partial charge in [-0.05, 0) is 37.5 Å². The zero-order valence-corrected chi connectivity index (χ0v) is 10.3. The smallest absolute Gasteiger partial charge is 0.221 e. The first-order valence-corrected chi connectivity index (χ1v) is 5.68. The van der Waals surface area contributed by atoms with Gasteiger partial charge in [-0.3, -0.25) is 4.79 Å². The summed E-state index contributed by atoms with van der Waals surface area (Å²) in [6.07, 6.45) is 1.72. The number of hydrogen-bond donors (Lipinski definition) is 2. The molecule has 1 amide bonds. The fourth-order valence-corrected chi connectivity index (χ4v) is 1.63. The second kappa shape index (κ2) is 5.87. The van der Waals surface area contributed by atoms with E-state index in [-0.39, 0.29) is 11.9 Å². The first kappa shape index (κ1) is 13.0. The van der Waals surface area contributed by atoms with Gasteiger partial charge in [-0.1, -0.05) is 17.7 Å². The van der Waals surface area contributed by atoms with Crippen LogP contribution in [0.15, 0.2) is 18.2 Å². The van der Waals surface area contributed by atoms with E-state index >= 15 is 0 Å². The third-order valence-electron chi connectivity index (χ3n) is 2.25. The molecule has 1 atom stereocenters. The lowest BCUT2D eigenvalue weighted by molar-refractivity contribution is -0.114. The zero-order chi connectivity index (χ0) is 12.1. The molecule has 3 N–H and O–H groups in total. The third-order valence-corrected chi connectivity index (χ3v) is 2.49. The van der Waals surface area contributed by atoms with E-state index in [0.717, 1.165) is 24.1 Å². The first-order chi connectivity index (χ1) is 7.49. The number of halogens is 1. The summed E-state index contributed by atoms with van der Waals surface area (Å²) < 4.78 is 0. The molecule has 1 aromatic carbocycles. The summed E-state index contributed by atoms with van der Waals surface area (Å²) in [5, 5.41) is 3.39. The standard InChI is InChI=1S/C12H17ClN2O/c1-8(14)3-4-10-5-6-11(13)7-12(10)15-9(2)16/h5-8H,3-4,14H2,1-2H3,(H,15,16). The van der Waals surface area contributed by atoms with Crippen LogP contribution in [0.25, 0.3) is 0 Å². The molecule has 0 spiro atoms. The lowest BCUT2D eigenvalue weighted by atomic mass is 10.0. The molecule has 0 aliphatic rings. The minimum Gasteiger partial charge on any atom is -0.328 e. The molecule has 0 bridgehead atoms. The quantitative estimate of drug-likeness (QED) is 0.850. The number of anilines is 1. The predicted molar refractivity (Wildman–Crippen MR) is 67.7 cm³/mol. The Morgan fingerprint density at radius 1 is 1.56 bits per heavy atom. The number of amides is 1. The van der Waals surface area contributed by atoms with Crippen molar-refractivity contribution in [3.8, 4) is 0 Å². The van der Waals surface area contributed by atoms with Crippen LogP contribution in [0.1, 0.15) is 25.8 Å². The van der Waals surface area contributed by atoms with Gasteiger partial charge < -0.3 is 11.1 Å². The van der Waals surface area contributed by atoms with Crippen molar-refractivity contribution in [2.45, 2.75) is 32.7 Å². The van der Waals surface area contributed by atoms with Crippen molar-refractivity contribution >= 4 is 23.2 Å². The molecule has 1 aromatic rings. The maximum Gasteiger partial charge on any atom is 0.221 e. The molecule has 0 heterocycles. The molecule has 0 saturated carbocycles. The normalized spacial score (nSPS) is 12.2. The van der Waals surface area contributed by atoms with Crippen molar-refractivity contribution in [3.63, 3.8) is 0 Å². The topological polar surface area (TPSA) is 55.1 Å². The van der Waals surface area contributed by atoms with Crippen LogP contribution in [0.2, 0.25) is 5.02 Å². The Hall–Kier alpha value is -1.06. The Morgan fingerprint density at radius 3 is 2.81 bits per heavy atom. The van der Waals surface area contributed by atoms with Crippen LogP contribution >= 0.6 is 11.6 Å². The van der Waals surface area contributed by atoms with E-state index in [4.69, 9.17) is 17.3 Å². The summed E-state index contributed by atoms with van der Waals surface area (Å²) >= 11 is 5.89. The largest absolute Gasteiger partial charge is 0.328 e. The highest BCUT2D eigenvalue weighted by molar-refractivity contribution is 6.31. The Balaban J connectivity index is 2.84. The fraction of sp³-hybridized carbons (Fsp3) is 0.417. The molecule has 16 heavy (non-hydrogen) atoms. The minimum atomic E-state index is -0.0932. The van der Waals surface area contributed by atoms with Crippen molar-refractivity contribution in [1.29, 1.82) is 0 Å². The second-order valence-corrected chi connectivity index (χ2v) is 4.44. The SMILES string of the molecule is CC(=O)Nc1cc(Cl)ccc1CCC(C)N. The van der Waals surface area contributed by atoms with Crippen LogP contribution in [0, 0.1) is 0 Å². The maximum atomic E-state index is 11.0. The van der Waals surface area contributed by atoms with Gasteiger partial charge in [0.1, 0.15) is 0 Å². The van der Waals surface area contributed by atoms with E-state index in [1.165, 1.54) is 6.92 Å². The van der Waals surface area contributed by atoms with Crippen LogP contribution in [0.4, 0.5) is 5.69 Å². The van der Waals surface area contributed by atoms with Gasteiger partial charge in [-0.15, -0.1) is 0 Å². The van der Waals surface area contributed by atoms with Crippen molar-refractivity contribution < 1.29 is 4.79 Å². The van der Waals surface area contributed by atoms with Crippen molar-refractivity contribution in [2.24, 2.45) is 5.73 Å². The average Bonchev–Trinajstić information content (AvgIpc) is 2.15. The number of nitrogens with two attached hydrogens (primary N) is 1. The highest BCUT2D eigenvalue weighted by atomic mass is 35.5. The van der Waals surface area contributed by atoms with E-state index in [0.29, 0.717) is 5.02 Å². The Bertz CT molecular complexity index is 377. The molecule has 0 aliphatic carbocycles. The third kappa shape index (κ3) is 4.21. The van der Waals surface area contributed by atoms with E-state index in [9.17, 15) is 4.79 Å². The summed E-state index contributed by atoms with van der Waals surface area (Å²) in [5.41, 5.74) is 7.55.